The Balaban J connectivity index is 0.000000459. The molecular formula is C23H42. The maximum Gasteiger partial charge on any atom is -0.0219 e. The molecule has 0 aromatic heterocycles. The summed E-state index contributed by atoms with van der Waals surface area (Å²) in [5.74, 6) is 1.70. The summed E-state index contributed by atoms with van der Waals surface area (Å²) < 4.78 is 0. The van der Waals surface area contributed by atoms with Crippen molar-refractivity contribution in [1.29, 1.82) is 0 Å². The normalized spacial score (nSPS) is 10.7. The standard InChI is InChI=1S/C14H30.C9H12/c1-4-7-10-13-14(11-8-5-2)12-9-6-3;1-8(2)9-6-4-3-5-7-9/h14H,4-13H2,1-3H3;3-8H,1-2H3. The van der Waals surface area contributed by atoms with E-state index in [1.807, 2.05) is 6.07 Å². The third kappa shape index (κ3) is 13.4. The van der Waals surface area contributed by atoms with Gasteiger partial charge in [-0.25, -0.2) is 0 Å². The molecule has 0 radical (unpaired) electrons. The van der Waals surface area contributed by atoms with E-state index in [9.17, 15) is 0 Å². The van der Waals surface area contributed by atoms with Gasteiger partial charge in [0.1, 0.15) is 0 Å². The Bertz CT molecular complexity index is 317. The number of hydrogen-bond donors (Lipinski definition) is 0. The van der Waals surface area contributed by atoms with Gasteiger partial charge in [0, 0.05) is 0 Å². The maximum absolute atomic E-state index is 2.31. The number of hydrogen-bond acceptors (Lipinski definition) is 0. The fraction of sp³-hybridized carbons (Fsp3) is 0.739. The van der Waals surface area contributed by atoms with E-state index in [4.69, 9.17) is 0 Å². The van der Waals surface area contributed by atoms with Crippen molar-refractivity contribution in [2.24, 2.45) is 5.92 Å². The Kier molecular flexibility index (Phi) is 15.5. The molecule has 0 aliphatic rings. The molecule has 0 saturated heterocycles. The van der Waals surface area contributed by atoms with Crippen LogP contribution in [0.25, 0.3) is 0 Å². The van der Waals surface area contributed by atoms with Crippen LogP contribution >= 0.6 is 0 Å². The lowest BCUT2D eigenvalue weighted by atomic mass is 9.91. The lowest BCUT2D eigenvalue weighted by Crippen LogP contribution is -2.00. The average Bonchev–Trinajstić information content (AvgIpc) is 2.58. The molecule has 0 N–H and O–H groups in total. The van der Waals surface area contributed by atoms with Gasteiger partial charge in [-0.1, -0.05) is 129 Å². The molecule has 0 aliphatic carbocycles. The van der Waals surface area contributed by atoms with Crippen LogP contribution in [0.3, 0.4) is 0 Å². The van der Waals surface area contributed by atoms with E-state index in [2.05, 4.69) is 58.9 Å². The van der Waals surface area contributed by atoms with Crippen molar-refractivity contribution < 1.29 is 0 Å². The highest BCUT2D eigenvalue weighted by Gasteiger charge is 2.06. The van der Waals surface area contributed by atoms with Crippen molar-refractivity contribution in [1.82, 2.24) is 0 Å². The molecule has 23 heavy (non-hydrogen) atoms. The van der Waals surface area contributed by atoms with Gasteiger partial charge in [-0.2, -0.15) is 0 Å². The largest absolute Gasteiger partial charge is 0.0654 e. The fourth-order valence-corrected chi connectivity index (χ4v) is 2.94. The Hall–Kier alpha value is -0.780. The molecular weight excluding hydrogens is 276 g/mol. The monoisotopic (exact) mass is 318 g/mol. The van der Waals surface area contributed by atoms with Crippen molar-refractivity contribution in [3.8, 4) is 0 Å². The summed E-state index contributed by atoms with van der Waals surface area (Å²) in [6.07, 6.45) is 14.4. The second-order valence-corrected chi connectivity index (χ2v) is 7.21. The first-order valence-corrected chi connectivity index (χ1v) is 10.2. The molecule has 1 rings (SSSR count). The molecule has 0 amide bonds. The summed E-state index contributed by atoms with van der Waals surface area (Å²) in [4.78, 5) is 0. The van der Waals surface area contributed by atoms with E-state index in [-0.39, 0.29) is 0 Å². The van der Waals surface area contributed by atoms with Crippen LogP contribution in [0.4, 0.5) is 0 Å². The smallest absolute Gasteiger partial charge is 0.0219 e. The van der Waals surface area contributed by atoms with Crippen molar-refractivity contribution in [2.75, 3.05) is 0 Å². The molecule has 134 valence electrons. The van der Waals surface area contributed by atoms with Gasteiger partial charge in [0.05, 0.1) is 0 Å². The molecule has 1 aromatic rings. The molecule has 1 aromatic carbocycles. The minimum absolute atomic E-state index is 0.659. The van der Waals surface area contributed by atoms with Gasteiger partial charge in [0.15, 0.2) is 0 Å². The summed E-state index contributed by atoms with van der Waals surface area (Å²) in [7, 11) is 0. The van der Waals surface area contributed by atoms with Gasteiger partial charge in [-0.05, 0) is 17.4 Å². The highest BCUT2D eigenvalue weighted by Crippen LogP contribution is 2.22. The van der Waals surface area contributed by atoms with Crippen LogP contribution in [-0.2, 0) is 0 Å². The number of rotatable bonds is 11. The van der Waals surface area contributed by atoms with Crippen LogP contribution in [-0.4, -0.2) is 0 Å². The first-order chi connectivity index (χ1) is 11.2. The first kappa shape index (κ1) is 22.2. The van der Waals surface area contributed by atoms with Crippen LogP contribution in [0, 0.1) is 5.92 Å². The van der Waals surface area contributed by atoms with E-state index in [1.165, 1.54) is 69.8 Å². The SMILES string of the molecule is CC(C)c1ccccc1.CCCCCC(CCCC)CCCC. The molecule has 0 unspecified atom stereocenters. The van der Waals surface area contributed by atoms with Crippen molar-refractivity contribution >= 4 is 0 Å². The Labute approximate surface area is 147 Å². The quantitative estimate of drug-likeness (QED) is 0.359. The summed E-state index contributed by atoms with van der Waals surface area (Å²) >= 11 is 0. The zero-order valence-corrected chi connectivity index (χ0v) is 16.6. The van der Waals surface area contributed by atoms with Gasteiger partial charge in [-0.3, -0.25) is 0 Å². The van der Waals surface area contributed by atoms with E-state index in [0.717, 1.165) is 5.92 Å². The lowest BCUT2D eigenvalue weighted by Gasteiger charge is -2.15. The Morgan fingerprint density at radius 2 is 1.13 bits per heavy atom. The highest BCUT2D eigenvalue weighted by molar-refractivity contribution is 5.17. The zero-order valence-electron chi connectivity index (χ0n) is 16.6. The Morgan fingerprint density at radius 3 is 1.52 bits per heavy atom. The minimum Gasteiger partial charge on any atom is -0.0654 e. The van der Waals surface area contributed by atoms with Crippen LogP contribution in [0.15, 0.2) is 30.3 Å². The molecule has 0 heterocycles. The predicted octanol–water partition coefficient (Wildman–Crippen LogP) is 8.37. The lowest BCUT2D eigenvalue weighted by molar-refractivity contribution is 0.379. The minimum atomic E-state index is 0.659. The molecule has 0 spiro atoms. The predicted molar refractivity (Wildman–Crippen MR) is 107 cm³/mol. The van der Waals surface area contributed by atoms with E-state index >= 15 is 0 Å². The van der Waals surface area contributed by atoms with E-state index < -0.39 is 0 Å². The third-order valence-corrected chi connectivity index (χ3v) is 4.61. The average molecular weight is 319 g/mol. The third-order valence-electron chi connectivity index (χ3n) is 4.61. The number of unbranched alkanes of at least 4 members (excludes halogenated alkanes) is 4. The highest BCUT2D eigenvalue weighted by atomic mass is 14.1. The summed E-state index contributed by atoms with van der Waals surface area (Å²) in [6.45, 7) is 11.3. The van der Waals surface area contributed by atoms with Gasteiger partial charge < -0.3 is 0 Å². The second-order valence-electron chi connectivity index (χ2n) is 7.21. The number of benzene rings is 1. The van der Waals surface area contributed by atoms with Crippen molar-refractivity contribution in [2.45, 2.75) is 105 Å². The van der Waals surface area contributed by atoms with Crippen LogP contribution in [0.5, 0.6) is 0 Å². The van der Waals surface area contributed by atoms with Crippen LogP contribution < -0.4 is 0 Å². The van der Waals surface area contributed by atoms with Gasteiger partial charge in [-0.15, -0.1) is 0 Å². The fourth-order valence-electron chi connectivity index (χ4n) is 2.94. The zero-order chi connectivity index (χ0) is 17.3. The summed E-state index contributed by atoms with van der Waals surface area (Å²) in [6, 6.07) is 10.5. The second kappa shape index (κ2) is 16.1. The molecule has 0 saturated carbocycles. The van der Waals surface area contributed by atoms with Gasteiger partial charge in [0.25, 0.3) is 0 Å². The Morgan fingerprint density at radius 1 is 0.652 bits per heavy atom. The van der Waals surface area contributed by atoms with Crippen LogP contribution in [0.2, 0.25) is 0 Å². The molecule has 0 heteroatoms. The van der Waals surface area contributed by atoms with E-state index in [1.54, 1.807) is 0 Å². The van der Waals surface area contributed by atoms with Crippen LogP contribution in [0.1, 0.15) is 110 Å². The van der Waals surface area contributed by atoms with Crippen molar-refractivity contribution in [3.05, 3.63) is 35.9 Å². The van der Waals surface area contributed by atoms with Gasteiger partial charge in [0.2, 0.25) is 0 Å². The summed E-state index contributed by atoms with van der Waals surface area (Å²) in [5, 5.41) is 0. The molecule has 0 fully saturated rings. The molecule has 0 nitrogen and oxygen atoms in total. The maximum atomic E-state index is 2.31. The summed E-state index contributed by atoms with van der Waals surface area (Å²) in [5.41, 5.74) is 1.41. The molecule has 0 atom stereocenters. The van der Waals surface area contributed by atoms with Gasteiger partial charge >= 0.3 is 0 Å². The van der Waals surface area contributed by atoms with Crippen molar-refractivity contribution in [3.63, 3.8) is 0 Å². The first-order valence-electron chi connectivity index (χ1n) is 10.2. The molecule has 0 bridgehead atoms. The topological polar surface area (TPSA) is 0 Å². The van der Waals surface area contributed by atoms with E-state index in [0.29, 0.717) is 5.92 Å². The molecule has 0 aliphatic heterocycles.